The molecule has 19 heavy (non-hydrogen) atoms. The molecule has 0 spiro atoms. The Hall–Kier alpha value is -2.41. The SMILES string of the molecule is Cn1cnnc1CNCc1ccc(C(N)=NO)cc1. The number of nitrogens with one attached hydrogen (secondary N) is 1. The fourth-order valence-electron chi connectivity index (χ4n) is 1.64. The molecule has 0 saturated carbocycles. The standard InChI is InChI=1S/C12H16N6O/c1-18-8-15-16-11(18)7-14-6-9-2-4-10(5-3-9)12(13)17-19/h2-5,8,14,19H,6-7H2,1H3,(H2,13,17). The maximum atomic E-state index is 8.57. The van der Waals surface area contributed by atoms with Gasteiger partial charge in [0.2, 0.25) is 0 Å². The van der Waals surface area contributed by atoms with Gasteiger partial charge in [0.25, 0.3) is 0 Å². The number of hydrogen-bond donors (Lipinski definition) is 3. The molecule has 1 heterocycles. The first-order valence-corrected chi connectivity index (χ1v) is 5.81. The Morgan fingerprint density at radius 3 is 2.68 bits per heavy atom. The van der Waals surface area contributed by atoms with Crippen molar-refractivity contribution in [1.29, 1.82) is 0 Å². The number of aromatic nitrogens is 3. The van der Waals surface area contributed by atoms with Gasteiger partial charge in [0.1, 0.15) is 12.2 Å². The van der Waals surface area contributed by atoms with Crippen molar-refractivity contribution in [1.82, 2.24) is 20.1 Å². The van der Waals surface area contributed by atoms with E-state index in [0.717, 1.165) is 11.4 Å². The lowest BCUT2D eigenvalue weighted by Gasteiger charge is -2.05. The minimum absolute atomic E-state index is 0.110. The van der Waals surface area contributed by atoms with Crippen molar-refractivity contribution in [3.63, 3.8) is 0 Å². The van der Waals surface area contributed by atoms with Gasteiger partial charge in [0.05, 0.1) is 6.54 Å². The van der Waals surface area contributed by atoms with E-state index in [-0.39, 0.29) is 5.84 Å². The third-order valence-corrected chi connectivity index (χ3v) is 2.77. The predicted octanol–water partition coefficient (Wildman–Crippen LogP) is 0.199. The summed E-state index contributed by atoms with van der Waals surface area (Å²) in [5.74, 6) is 0.992. The summed E-state index contributed by atoms with van der Waals surface area (Å²) in [5.41, 5.74) is 7.29. The van der Waals surface area contributed by atoms with Gasteiger partial charge in [-0.2, -0.15) is 0 Å². The van der Waals surface area contributed by atoms with Gasteiger partial charge in [-0.15, -0.1) is 10.2 Å². The molecule has 7 heteroatoms. The van der Waals surface area contributed by atoms with Crippen molar-refractivity contribution in [2.75, 3.05) is 0 Å². The highest BCUT2D eigenvalue weighted by Crippen LogP contribution is 2.04. The summed E-state index contributed by atoms with van der Waals surface area (Å²) in [7, 11) is 1.91. The van der Waals surface area contributed by atoms with E-state index in [0.29, 0.717) is 18.7 Å². The molecule has 0 amide bonds. The van der Waals surface area contributed by atoms with Crippen molar-refractivity contribution >= 4 is 5.84 Å². The second-order valence-corrected chi connectivity index (χ2v) is 4.14. The third kappa shape index (κ3) is 3.29. The summed E-state index contributed by atoms with van der Waals surface area (Å²) < 4.78 is 1.87. The fraction of sp³-hybridized carbons (Fsp3) is 0.250. The van der Waals surface area contributed by atoms with Gasteiger partial charge in [-0.25, -0.2) is 0 Å². The molecule has 0 fully saturated rings. The van der Waals surface area contributed by atoms with Gasteiger partial charge in [-0.3, -0.25) is 0 Å². The highest BCUT2D eigenvalue weighted by Gasteiger charge is 2.01. The number of aryl methyl sites for hydroxylation is 1. The van der Waals surface area contributed by atoms with Crippen LogP contribution in [0.2, 0.25) is 0 Å². The van der Waals surface area contributed by atoms with Crippen molar-refractivity contribution in [2.24, 2.45) is 17.9 Å². The lowest BCUT2D eigenvalue weighted by atomic mass is 10.1. The van der Waals surface area contributed by atoms with E-state index in [4.69, 9.17) is 10.9 Å². The average Bonchev–Trinajstić information content (AvgIpc) is 2.84. The first-order chi connectivity index (χ1) is 9.20. The molecule has 0 unspecified atom stereocenters. The Balaban J connectivity index is 1.88. The fourth-order valence-corrected chi connectivity index (χ4v) is 1.64. The molecule has 1 aromatic heterocycles. The van der Waals surface area contributed by atoms with Crippen molar-refractivity contribution < 1.29 is 5.21 Å². The first kappa shape index (κ1) is 13.0. The van der Waals surface area contributed by atoms with Crippen LogP contribution in [0, 0.1) is 0 Å². The van der Waals surface area contributed by atoms with Gasteiger partial charge >= 0.3 is 0 Å². The Labute approximate surface area is 110 Å². The minimum Gasteiger partial charge on any atom is -0.409 e. The monoisotopic (exact) mass is 260 g/mol. The second kappa shape index (κ2) is 5.96. The zero-order valence-corrected chi connectivity index (χ0v) is 10.6. The molecule has 0 aliphatic carbocycles. The van der Waals surface area contributed by atoms with Crippen LogP contribution >= 0.6 is 0 Å². The molecule has 0 radical (unpaired) electrons. The zero-order valence-electron chi connectivity index (χ0n) is 10.6. The number of benzene rings is 1. The van der Waals surface area contributed by atoms with Crippen LogP contribution in [0.25, 0.3) is 0 Å². The molecule has 0 saturated heterocycles. The van der Waals surface area contributed by atoms with Gasteiger partial charge < -0.3 is 20.8 Å². The van der Waals surface area contributed by atoms with Gasteiger partial charge in [0.15, 0.2) is 5.84 Å². The van der Waals surface area contributed by atoms with Crippen LogP contribution in [0.15, 0.2) is 35.7 Å². The number of nitrogens with zero attached hydrogens (tertiary/aromatic N) is 4. The molecule has 0 bridgehead atoms. The van der Waals surface area contributed by atoms with E-state index >= 15 is 0 Å². The molecule has 0 aliphatic heterocycles. The summed E-state index contributed by atoms with van der Waals surface area (Å²) in [6.07, 6.45) is 1.67. The van der Waals surface area contributed by atoms with Gasteiger partial charge in [-0.05, 0) is 5.56 Å². The van der Waals surface area contributed by atoms with E-state index in [1.54, 1.807) is 6.33 Å². The quantitative estimate of drug-likeness (QED) is 0.308. The van der Waals surface area contributed by atoms with Crippen molar-refractivity contribution in [3.05, 3.63) is 47.5 Å². The second-order valence-electron chi connectivity index (χ2n) is 4.14. The minimum atomic E-state index is 0.110. The summed E-state index contributed by atoms with van der Waals surface area (Å²) in [6.45, 7) is 1.36. The molecular weight excluding hydrogens is 244 g/mol. The van der Waals surface area contributed by atoms with E-state index in [1.807, 2.05) is 35.9 Å². The zero-order chi connectivity index (χ0) is 13.7. The van der Waals surface area contributed by atoms with Gasteiger partial charge in [-0.1, -0.05) is 29.4 Å². The average molecular weight is 260 g/mol. The molecular formula is C12H16N6O. The Kier molecular flexibility index (Phi) is 4.09. The molecule has 7 nitrogen and oxygen atoms in total. The van der Waals surface area contributed by atoms with Crippen LogP contribution in [0.5, 0.6) is 0 Å². The van der Waals surface area contributed by atoms with E-state index in [2.05, 4.69) is 20.7 Å². The summed E-state index contributed by atoms with van der Waals surface area (Å²) in [4.78, 5) is 0. The molecule has 4 N–H and O–H groups in total. The van der Waals surface area contributed by atoms with Crippen molar-refractivity contribution in [2.45, 2.75) is 13.1 Å². The van der Waals surface area contributed by atoms with E-state index in [9.17, 15) is 0 Å². The summed E-state index contributed by atoms with van der Waals surface area (Å²) >= 11 is 0. The van der Waals surface area contributed by atoms with Crippen LogP contribution < -0.4 is 11.1 Å². The molecule has 100 valence electrons. The van der Waals surface area contributed by atoms with Gasteiger partial charge in [0, 0.05) is 19.2 Å². The number of amidine groups is 1. The number of hydrogen-bond acceptors (Lipinski definition) is 5. The molecule has 0 atom stereocenters. The molecule has 1 aromatic carbocycles. The molecule has 2 aromatic rings. The van der Waals surface area contributed by atoms with Crippen LogP contribution in [0.4, 0.5) is 0 Å². The first-order valence-electron chi connectivity index (χ1n) is 5.81. The Morgan fingerprint density at radius 1 is 1.37 bits per heavy atom. The van der Waals surface area contributed by atoms with Crippen LogP contribution in [-0.4, -0.2) is 25.8 Å². The number of oxime groups is 1. The topological polar surface area (TPSA) is 101 Å². The normalized spacial score (nSPS) is 11.7. The lowest BCUT2D eigenvalue weighted by Crippen LogP contribution is -2.16. The van der Waals surface area contributed by atoms with Crippen LogP contribution in [-0.2, 0) is 20.1 Å². The summed E-state index contributed by atoms with van der Waals surface area (Å²) in [6, 6.07) is 7.48. The van der Waals surface area contributed by atoms with Crippen molar-refractivity contribution in [3.8, 4) is 0 Å². The van der Waals surface area contributed by atoms with Crippen LogP contribution in [0.1, 0.15) is 17.0 Å². The predicted molar refractivity (Wildman–Crippen MR) is 70.5 cm³/mol. The number of nitrogens with two attached hydrogens (primary N) is 1. The van der Waals surface area contributed by atoms with E-state index < -0.39 is 0 Å². The molecule has 2 rings (SSSR count). The molecule has 0 aliphatic rings. The van der Waals surface area contributed by atoms with Crippen LogP contribution in [0.3, 0.4) is 0 Å². The highest BCUT2D eigenvalue weighted by atomic mass is 16.4. The Bertz CT molecular complexity index is 560. The Morgan fingerprint density at radius 2 is 2.11 bits per heavy atom. The largest absolute Gasteiger partial charge is 0.409 e. The lowest BCUT2D eigenvalue weighted by molar-refractivity contribution is 0.318. The smallest absolute Gasteiger partial charge is 0.170 e. The third-order valence-electron chi connectivity index (χ3n) is 2.77. The van der Waals surface area contributed by atoms with E-state index in [1.165, 1.54) is 0 Å². The highest BCUT2D eigenvalue weighted by molar-refractivity contribution is 5.96. The maximum Gasteiger partial charge on any atom is 0.170 e. The summed E-state index contributed by atoms with van der Waals surface area (Å²) in [5, 5.41) is 22.6. The number of rotatable bonds is 5. The maximum absolute atomic E-state index is 8.57.